The topological polar surface area (TPSA) is 103 Å². The molecule has 138 valence electrons. The van der Waals surface area contributed by atoms with Gasteiger partial charge in [-0.1, -0.05) is 25.1 Å². The fraction of sp³-hybridized carbons (Fsp3) is 0.471. The second kappa shape index (κ2) is 8.46. The molecule has 0 fully saturated rings. The van der Waals surface area contributed by atoms with Crippen LogP contribution in [0.5, 0.6) is 0 Å². The van der Waals surface area contributed by atoms with E-state index in [9.17, 15) is 13.2 Å². The van der Waals surface area contributed by atoms with E-state index in [1.807, 2.05) is 51.2 Å². The van der Waals surface area contributed by atoms with Crippen molar-refractivity contribution in [3.8, 4) is 0 Å². The Balaban J connectivity index is 2.23. The summed E-state index contributed by atoms with van der Waals surface area (Å²) in [6.45, 7) is 5.87. The number of amides is 1. The van der Waals surface area contributed by atoms with Crippen molar-refractivity contribution in [3.63, 3.8) is 0 Å². The van der Waals surface area contributed by atoms with Crippen LogP contribution in [0.4, 0.5) is 0 Å². The van der Waals surface area contributed by atoms with E-state index in [-0.39, 0.29) is 18.4 Å². The Hall–Kier alpha value is -1.90. The van der Waals surface area contributed by atoms with Crippen LogP contribution in [-0.2, 0) is 21.4 Å². The van der Waals surface area contributed by atoms with Crippen molar-refractivity contribution in [1.29, 1.82) is 0 Å². The molecule has 0 aliphatic heterocycles. The number of carbonyl (C=O) groups excluding carboxylic acids is 1. The van der Waals surface area contributed by atoms with Gasteiger partial charge in [-0.3, -0.25) is 4.79 Å². The minimum atomic E-state index is -3.75. The van der Waals surface area contributed by atoms with Crippen molar-refractivity contribution in [2.45, 2.75) is 45.7 Å². The van der Waals surface area contributed by atoms with Gasteiger partial charge in [0.15, 0.2) is 0 Å². The first kappa shape index (κ1) is 19.4. The van der Waals surface area contributed by atoms with E-state index in [0.717, 1.165) is 16.5 Å². The Kier molecular flexibility index (Phi) is 6.57. The molecule has 2 aromatic rings. The third kappa shape index (κ3) is 5.55. The summed E-state index contributed by atoms with van der Waals surface area (Å²) in [5.74, 6) is -0.345. The zero-order valence-corrected chi connectivity index (χ0v) is 15.6. The lowest BCUT2D eigenvalue weighted by Crippen LogP contribution is -2.52. The SMILES string of the molecule is CCCNS(=O)(=O)NC(Cc1c[nH]c2ccccc12)C(=O)NC(C)C. The number of H-pyrrole nitrogens is 1. The number of aromatic amines is 1. The van der Waals surface area contributed by atoms with Crippen LogP contribution in [0.1, 0.15) is 32.8 Å². The van der Waals surface area contributed by atoms with Crippen LogP contribution in [0.15, 0.2) is 30.5 Å². The summed E-state index contributed by atoms with van der Waals surface area (Å²) in [6, 6.07) is 6.75. The second-order valence-corrected chi connectivity index (χ2v) is 7.83. The number of hydrogen-bond acceptors (Lipinski definition) is 3. The predicted molar refractivity (Wildman–Crippen MR) is 99.4 cm³/mol. The summed E-state index contributed by atoms with van der Waals surface area (Å²) < 4.78 is 29.3. The molecule has 0 bridgehead atoms. The number of aromatic nitrogens is 1. The van der Waals surface area contributed by atoms with Crippen molar-refractivity contribution in [1.82, 2.24) is 19.7 Å². The van der Waals surface area contributed by atoms with Crippen LogP contribution < -0.4 is 14.8 Å². The third-order valence-corrected chi connectivity index (χ3v) is 4.86. The van der Waals surface area contributed by atoms with Crippen LogP contribution in [0.25, 0.3) is 10.9 Å². The molecule has 1 aromatic carbocycles. The lowest BCUT2D eigenvalue weighted by molar-refractivity contribution is -0.123. The zero-order valence-electron chi connectivity index (χ0n) is 14.8. The van der Waals surface area contributed by atoms with Crippen LogP contribution in [0, 0.1) is 0 Å². The minimum absolute atomic E-state index is 0.0777. The number of benzene rings is 1. The zero-order chi connectivity index (χ0) is 18.4. The van der Waals surface area contributed by atoms with Crippen molar-refractivity contribution in [3.05, 3.63) is 36.0 Å². The van der Waals surface area contributed by atoms with Gasteiger partial charge >= 0.3 is 0 Å². The number of fused-ring (bicyclic) bond motifs is 1. The van der Waals surface area contributed by atoms with Crippen molar-refractivity contribution >= 4 is 27.0 Å². The highest BCUT2D eigenvalue weighted by atomic mass is 32.2. The number of nitrogens with one attached hydrogen (secondary N) is 4. The van der Waals surface area contributed by atoms with Crippen molar-refractivity contribution in [2.24, 2.45) is 0 Å². The Morgan fingerprint density at radius 3 is 2.64 bits per heavy atom. The standard InChI is InChI=1S/C17H26N4O3S/c1-4-9-19-25(23,24)21-16(17(22)20-12(2)3)10-13-11-18-15-8-6-5-7-14(13)15/h5-8,11-12,16,18-19,21H,4,9-10H2,1-3H3,(H,20,22). The first-order valence-corrected chi connectivity index (χ1v) is 9.93. The maximum atomic E-state index is 12.5. The number of carbonyl (C=O) groups is 1. The van der Waals surface area contributed by atoms with Crippen LogP contribution in [-0.4, -0.2) is 37.9 Å². The van der Waals surface area contributed by atoms with E-state index in [4.69, 9.17) is 0 Å². The molecule has 8 heteroatoms. The molecule has 1 atom stereocenters. The summed E-state index contributed by atoms with van der Waals surface area (Å²) in [5, 5.41) is 3.76. The molecule has 0 spiro atoms. The van der Waals surface area contributed by atoms with Crippen LogP contribution in [0.3, 0.4) is 0 Å². The fourth-order valence-electron chi connectivity index (χ4n) is 2.56. The van der Waals surface area contributed by atoms with E-state index in [1.54, 1.807) is 0 Å². The summed E-state index contributed by atoms with van der Waals surface area (Å²) >= 11 is 0. The van der Waals surface area contributed by atoms with Gasteiger partial charge in [0.2, 0.25) is 5.91 Å². The summed E-state index contributed by atoms with van der Waals surface area (Å²) in [4.78, 5) is 15.6. The van der Waals surface area contributed by atoms with Crippen LogP contribution in [0.2, 0.25) is 0 Å². The molecule has 2 rings (SSSR count). The highest BCUT2D eigenvalue weighted by molar-refractivity contribution is 7.87. The van der Waals surface area contributed by atoms with E-state index >= 15 is 0 Å². The normalized spacial score (nSPS) is 13.3. The van der Waals surface area contributed by atoms with Gasteiger partial charge in [-0.05, 0) is 38.3 Å². The molecule has 1 aromatic heterocycles. The number of para-hydroxylation sites is 1. The molecule has 1 amide bonds. The highest BCUT2D eigenvalue weighted by Gasteiger charge is 2.25. The van der Waals surface area contributed by atoms with Gasteiger partial charge in [0.05, 0.1) is 0 Å². The molecule has 25 heavy (non-hydrogen) atoms. The van der Waals surface area contributed by atoms with Crippen LogP contribution >= 0.6 is 0 Å². The Bertz CT molecular complexity index is 814. The summed E-state index contributed by atoms with van der Waals surface area (Å²) in [7, 11) is -3.75. The Morgan fingerprint density at radius 1 is 1.24 bits per heavy atom. The second-order valence-electron chi connectivity index (χ2n) is 6.30. The average Bonchev–Trinajstić information content (AvgIpc) is 2.95. The molecular weight excluding hydrogens is 340 g/mol. The van der Waals surface area contributed by atoms with E-state index in [0.29, 0.717) is 13.0 Å². The van der Waals surface area contributed by atoms with Gasteiger partial charge in [0, 0.05) is 29.7 Å². The quantitative estimate of drug-likeness (QED) is 0.540. The first-order chi connectivity index (χ1) is 11.8. The Morgan fingerprint density at radius 2 is 1.96 bits per heavy atom. The number of rotatable bonds is 9. The lowest BCUT2D eigenvalue weighted by atomic mass is 10.0. The molecule has 7 nitrogen and oxygen atoms in total. The van der Waals surface area contributed by atoms with Gasteiger partial charge < -0.3 is 10.3 Å². The molecule has 1 unspecified atom stereocenters. The van der Waals surface area contributed by atoms with Crippen molar-refractivity contribution < 1.29 is 13.2 Å². The lowest BCUT2D eigenvalue weighted by Gasteiger charge is -2.20. The average molecular weight is 366 g/mol. The largest absolute Gasteiger partial charge is 0.361 e. The van der Waals surface area contributed by atoms with Gasteiger partial charge in [-0.15, -0.1) is 0 Å². The summed E-state index contributed by atoms with van der Waals surface area (Å²) in [6.07, 6.45) is 2.75. The molecular formula is C17H26N4O3S. The highest BCUT2D eigenvalue weighted by Crippen LogP contribution is 2.19. The van der Waals surface area contributed by atoms with E-state index in [2.05, 4.69) is 19.7 Å². The molecule has 0 aliphatic rings. The maximum Gasteiger partial charge on any atom is 0.277 e. The van der Waals surface area contributed by atoms with Gasteiger partial charge in [0.25, 0.3) is 10.2 Å². The van der Waals surface area contributed by atoms with Gasteiger partial charge in [0.1, 0.15) is 6.04 Å². The maximum absolute atomic E-state index is 12.5. The van der Waals surface area contributed by atoms with Crippen molar-refractivity contribution in [2.75, 3.05) is 6.54 Å². The van der Waals surface area contributed by atoms with E-state index in [1.165, 1.54) is 0 Å². The minimum Gasteiger partial charge on any atom is -0.361 e. The molecule has 1 heterocycles. The summed E-state index contributed by atoms with van der Waals surface area (Å²) in [5.41, 5.74) is 1.84. The number of hydrogen-bond donors (Lipinski definition) is 4. The first-order valence-electron chi connectivity index (χ1n) is 8.44. The predicted octanol–water partition coefficient (Wildman–Crippen LogP) is 1.44. The van der Waals surface area contributed by atoms with E-state index < -0.39 is 16.3 Å². The molecule has 0 radical (unpaired) electrons. The Labute approximate surface area is 148 Å². The third-order valence-electron chi connectivity index (χ3n) is 3.69. The monoisotopic (exact) mass is 366 g/mol. The van der Waals surface area contributed by atoms with Gasteiger partial charge in [-0.25, -0.2) is 4.72 Å². The fourth-order valence-corrected chi connectivity index (χ4v) is 3.68. The molecule has 0 saturated carbocycles. The smallest absolute Gasteiger partial charge is 0.277 e. The molecule has 4 N–H and O–H groups in total. The van der Waals surface area contributed by atoms with Gasteiger partial charge in [-0.2, -0.15) is 13.1 Å². The molecule has 0 aliphatic carbocycles. The molecule has 0 saturated heterocycles.